The van der Waals surface area contributed by atoms with E-state index in [4.69, 9.17) is 9.15 Å². The van der Waals surface area contributed by atoms with Crippen LogP contribution in [0, 0.1) is 0 Å². The van der Waals surface area contributed by atoms with Crippen LogP contribution in [-0.4, -0.2) is 34.1 Å². The number of nitrogens with zero attached hydrogens (tertiary/aromatic N) is 3. The minimum Gasteiger partial charge on any atom is -0.497 e. The summed E-state index contributed by atoms with van der Waals surface area (Å²) in [5.74, 6) is 1.28. The second kappa shape index (κ2) is 7.96. The first kappa shape index (κ1) is 17.8. The molecule has 0 aliphatic heterocycles. The molecule has 28 heavy (non-hydrogen) atoms. The Hall–Kier alpha value is -3.61. The van der Waals surface area contributed by atoms with Gasteiger partial charge in [-0.25, -0.2) is 9.97 Å². The molecule has 0 spiro atoms. The lowest BCUT2D eigenvalue weighted by molar-refractivity contribution is 0.0952. The fraction of sp³-hybridized carbons (Fsp3) is 0.190. The van der Waals surface area contributed by atoms with E-state index >= 15 is 0 Å². The lowest BCUT2D eigenvalue weighted by Gasteiger charge is -2.05. The molecule has 0 fully saturated rings. The summed E-state index contributed by atoms with van der Waals surface area (Å²) in [6.07, 6.45) is 5.86. The normalized spacial score (nSPS) is 10.9. The van der Waals surface area contributed by atoms with Crippen LogP contribution in [-0.2, 0) is 13.0 Å². The predicted octanol–water partition coefficient (Wildman–Crippen LogP) is 3.05. The van der Waals surface area contributed by atoms with E-state index in [0.717, 1.165) is 16.8 Å². The number of fused-ring (bicyclic) bond motifs is 1. The molecule has 1 N–H and O–H groups in total. The van der Waals surface area contributed by atoms with Crippen molar-refractivity contribution in [2.75, 3.05) is 13.7 Å². The van der Waals surface area contributed by atoms with Crippen molar-refractivity contribution in [2.24, 2.45) is 0 Å². The molecule has 7 nitrogen and oxygen atoms in total. The number of benzene rings is 2. The number of methoxy groups -OCH3 is 1. The highest BCUT2D eigenvalue weighted by Gasteiger charge is 2.11. The molecule has 0 aliphatic rings. The SMILES string of the molecule is COc1ccc(Cc2nc3ccc(C(=O)NCCn4ccnc4)cc3o2)cc1. The van der Waals surface area contributed by atoms with E-state index in [-0.39, 0.29) is 5.91 Å². The smallest absolute Gasteiger partial charge is 0.251 e. The number of oxazole rings is 1. The highest BCUT2D eigenvalue weighted by Crippen LogP contribution is 2.20. The third-order valence-corrected chi connectivity index (χ3v) is 4.42. The van der Waals surface area contributed by atoms with Gasteiger partial charge in [-0.1, -0.05) is 12.1 Å². The molecule has 0 unspecified atom stereocenters. The standard InChI is InChI=1S/C21H20N4O3/c1-27-17-5-2-15(3-6-17)12-20-24-18-7-4-16(13-19(18)28-20)21(26)23-9-11-25-10-8-22-14-25/h2-8,10,13-14H,9,11-12H2,1H3,(H,23,26). The Morgan fingerprint density at radius 1 is 1.21 bits per heavy atom. The van der Waals surface area contributed by atoms with E-state index < -0.39 is 0 Å². The Balaban J connectivity index is 1.42. The Morgan fingerprint density at radius 3 is 2.82 bits per heavy atom. The van der Waals surface area contributed by atoms with Gasteiger partial charge in [0.1, 0.15) is 11.3 Å². The van der Waals surface area contributed by atoms with Crippen LogP contribution in [0.25, 0.3) is 11.1 Å². The van der Waals surface area contributed by atoms with Crippen molar-refractivity contribution in [1.82, 2.24) is 19.9 Å². The van der Waals surface area contributed by atoms with Crippen LogP contribution in [0.4, 0.5) is 0 Å². The van der Waals surface area contributed by atoms with E-state index in [9.17, 15) is 4.79 Å². The number of carbonyl (C=O) groups excluding carboxylic acids is 1. The van der Waals surface area contributed by atoms with Crippen molar-refractivity contribution in [2.45, 2.75) is 13.0 Å². The summed E-state index contributed by atoms with van der Waals surface area (Å²) in [5.41, 5.74) is 2.96. The highest BCUT2D eigenvalue weighted by molar-refractivity contribution is 5.97. The van der Waals surface area contributed by atoms with Gasteiger partial charge in [0, 0.05) is 37.5 Å². The third kappa shape index (κ3) is 4.03. The zero-order chi connectivity index (χ0) is 19.3. The molecule has 2 aromatic carbocycles. The average Bonchev–Trinajstić information content (AvgIpc) is 3.37. The van der Waals surface area contributed by atoms with Gasteiger partial charge >= 0.3 is 0 Å². The molecule has 0 atom stereocenters. The minimum absolute atomic E-state index is 0.143. The molecule has 142 valence electrons. The second-order valence-electron chi connectivity index (χ2n) is 6.37. The first-order valence-electron chi connectivity index (χ1n) is 8.97. The number of aromatic nitrogens is 3. The van der Waals surface area contributed by atoms with Gasteiger partial charge in [-0.05, 0) is 35.9 Å². The van der Waals surface area contributed by atoms with Crippen molar-refractivity contribution in [1.29, 1.82) is 0 Å². The fourth-order valence-corrected chi connectivity index (χ4v) is 2.93. The van der Waals surface area contributed by atoms with Crippen molar-refractivity contribution >= 4 is 17.0 Å². The van der Waals surface area contributed by atoms with E-state index in [2.05, 4.69) is 15.3 Å². The number of imidazole rings is 1. The van der Waals surface area contributed by atoms with Crippen LogP contribution in [0.1, 0.15) is 21.8 Å². The van der Waals surface area contributed by atoms with Gasteiger partial charge in [-0.15, -0.1) is 0 Å². The van der Waals surface area contributed by atoms with Crippen LogP contribution >= 0.6 is 0 Å². The molecule has 0 saturated carbocycles. The van der Waals surface area contributed by atoms with Gasteiger partial charge in [0.05, 0.1) is 13.4 Å². The highest BCUT2D eigenvalue weighted by atomic mass is 16.5. The van der Waals surface area contributed by atoms with Crippen molar-refractivity contribution in [3.8, 4) is 5.75 Å². The number of nitrogens with one attached hydrogen (secondary N) is 1. The number of hydrogen-bond donors (Lipinski definition) is 1. The molecule has 7 heteroatoms. The van der Waals surface area contributed by atoms with E-state index in [0.29, 0.717) is 36.5 Å². The number of ether oxygens (including phenoxy) is 1. The summed E-state index contributed by atoms with van der Waals surface area (Å²) in [6.45, 7) is 1.19. The largest absolute Gasteiger partial charge is 0.497 e. The molecule has 0 saturated heterocycles. The van der Waals surface area contributed by atoms with Gasteiger partial charge < -0.3 is 19.0 Å². The summed E-state index contributed by atoms with van der Waals surface area (Å²) in [5, 5.41) is 2.90. The Labute approximate surface area is 162 Å². The van der Waals surface area contributed by atoms with E-state index in [1.807, 2.05) is 35.0 Å². The summed E-state index contributed by atoms with van der Waals surface area (Å²) < 4.78 is 12.9. The van der Waals surface area contributed by atoms with Gasteiger partial charge in [-0.3, -0.25) is 4.79 Å². The first-order chi connectivity index (χ1) is 13.7. The van der Waals surface area contributed by atoms with Crippen LogP contribution in [0.5, 0.6) is 5.75 Å². The molecule has 4 rings (SSSR count). The van der Waals surface area contributed by atoms with E-state index in [1.165, 1.54) is 0 Å². The summed E-state index contributed by atoms with van der Waals surface area (Å²) in [6, 6.07) is 13.1. The van der Waals surface area contributed by atoms with Crippen LogP contribution < -0.4 is 10.1 Å². The van der Waals surface area contributed by atoms with Gasteiger partial charge in [0.15, 0.2) is 11.5 Å². The zero-order valence-corrected chi connectivity index (χ0v) is 15.5. The average molecular weight is 376 g/mol. The van der Waals surface area contributed by atoms with Crippen molar-refractivity contribution in [3.63, 3.8) is 0 Å². The maximum atomic E-state index is 12.4. The molecule has 2 aromatic heterocycles. The Morgan fingerprint density at radius 2 is 2.07 bits per heavy atom. The predicted molar refractivity (Wildman–Crippen MR) is 104 cm³/mol. The fourth-order valence-electron chi connectivity index (χ4n) is 2.93. The number of amides is 1. The lowest BCUT2D eigenvalue weighted by atomic mass is 10.1. The zero-order valence-electron chi connectivity index (χ0n) is 15.5. The van der Waals surface area contributed by atoms with Crippen molar-refractivity contribution < 1.29 is 13.9 Å². The first-order valence-corrected chi connectivity index (χ1v) is 8.97. The number of rotatable bonds is 7. The molecule has 2 heterocycles. The number of carbonyl (C=O) groups is 1. The Bertz CT molecular complexity index is 1070. The molecule has 0 aliphatic carbocycles. The summed E-state index contributed by atoms with van der Waals surface area (Å²) in [4.78, 5) is 20.8. The maximum Gasteiger partial charge on any atom is 0.251 e. The van der Waals surface area contributed by atoms with Crippen LogP contribution in [0.3, 0.4) is 0 Å². The quantitative estimate of drug-likeness (QED) is 0.536. The molecular weight excluding hydrogens is 356 g/mol. The maximum absolute atomic E-state index is 12.4. The van der Waals surface area contributed by atoms with Crippen molar-refractivity contribution in [3.05, 3.63) is 78.2 Å². The van der Waals surface area contributed by atoms with Crippen LogP contribution in [0.15, 0.2) is 65.6 Å². The van der Waals surface area contributed by atoms with E-state index in [1.54, 1.807) is 37.8 Å². The van der Waals surface area contributed by atoms with Gasteiger partial charge in [0.2, 0.25) is 0 Å². The molecule has 4 aromatic rings. The summed E-state index contributed by atoms with van der Waals surface area (Å²) in [7, 11) is 1.64. The lowest BCUT2D eigenvalue weighted by Crippen LogP contribution is -2.26. The summed E-state index contributed by atoms with van der Waals surface area (Å²) >= 11 is 0. The third-order valence-electron chi connectivity index (χ3n) is 4.42. The molecular formula is C21H20N4O3. The molecule has 0 bridgehead atoms. The van der Waals surface area contributed by atoms with Crippen LogP contribution in [0.2, 0.25) is 0 Å². The Kier molecular flexibility index (Phi) is 5.05. The minimum atomic E-state index is -0.143. The monoisotopic (exact) mass is 376 g/mol. The van der Waals surface area contributed by atoms with Gasteiger partial charge in [-0.2, -0.15) is 0 Å². The topological polar surface area (TPSA) is 82.2 Å². The molecule has 1 amide bonds. The number of hydrogen-bond acceptors (Lipinski definition) is 5. The van der Waals surface area contributed by atoms with Gasteiger partial charge in [0.25, 0.3) is 5.91 Å². The second-order valence-corrected chi connectivity index (χ2v) is 6.37. The molecule has 0 radical (unpaired) electrons.